The van der Waals surface area contributed by atoms with Gasteiger partial charge in [0.05, 0.1) is 30.9 Å². The molecular weight excluding hydrogens is 502 g/mol. The Morgan fingerprint density at radius 3 is 2.45 bits per heavy atom. The van der Waals surface area contributed by atoms with E-state index in [1.165, 1.54) is 0 Å². The number of thioether (sulfide) groups is 1. The Morgan fingerprint density at radius 2 is 1.79 bits per heavy atom. The quantitative estimate of drug-likeness (QED) is 0.242. The second-order valence-electron chi connectivity index (χ2n) is 8.96. The number of nitrogens with zero attached hydrogens (tertiary/aromatic N) is 1. The molecule has 7 nitrogen and oxygen atoms in total. The lowest BCUT2D eigenvalue weighted by Crippen LogP contribution is -2.45. The van der Waals surface area contributed by atoms with Gasteiger partial charge >= 0.3 is 5.97 Å². The molecule has 0 radical (unpaired) electrons. The molecule has 1 aromatic heterocycles. The highest BCUT2D eigenvalue weighted by atomic mass is 32.2. The Hall–Kier alpha value is -3.65. The van der Waals surface area contributed by atoms with Crippen molar-refractivity contribution in [2.45, 2.75) is 45.6 Å². The van der Waals surface area contributed by atoms with Gasteiger partial charge in [0.2, 0.25) is 11.5 Å². The van der Waals surface area contributed by atoms with Crippen LogP contribution in [0, 0.1) is 6.92 Å². The lowest BCUT2D eigenvalue weighted by atomic mass is 9.96. The van der Waals surface area contributed by atoms with E-state index < -0.39 is 11.6 Å². The summed E-state index contributed by atoms with van der Waals surface area (Å²) in [6.07, 6.45) is 6.09. The van der Waals surface area contributed by atoms with Gasteiger partial charge < -0.3 is 23.4 Å². The van der Waals surface area contributed by atoms with Crippen LogP contribution in [0.5, 0.6) is 17.2 Å². The summed E-state index contributed by atoms with van der Waals surface area (Å²) in [6, 6.07) is 14.8. The highest BCUT2D eigenvalue weighted by Crippen LogP contribution is 2.32. The number of esters is 1. The highest BCUT2D eigenvalue weighted by molar-refractivity contribution is 8.10. The number of benzene rings is 2. The minimum atomic E-state index is -1.20. The Morgan fingerprint density at radius 1 is 1.08 bits per heavy atom. The first-order valence-corrected chi connectivity index (χ1v) is 13.5. The van der Waals surface area contributed by atoms with Gasteiger partial charge in [0.15, 0.2) is 0 Å². The molecule has 1 aliphatic heterocycles. The Kier molecular flexibility index (Phi) is 9.18. The molecular formula is C30H33NO6S. The second kappa shape index (κ2) is 12.7. The van der Waals surface area contributed by atoms with Crippen molar-refractivity contribution < 1.29 is 28.2 Å². The molecule has 0 N–H and O–H groups in total. The molecule has 0 fully saturated rings. The summed E-state index contributed by atoms with van der Waals surface area (Å²) in [5, 5.41) is 2.06. The summed E-state index contributed by atoms with van der Waals surface area (Å²) in [5.74, 6) is 3.06. The zero-order chi connectivity index (χ0) is 27.0. The second-order valence-corrected chi connectivity index (χ2v) is 9.91. The predicted molar refractivity (Wildman–Crippen MR) is 149 cm³/mol. The standard InChI is InChI=1S/C30H33NO6S/c1-5-34-29(32)30(3,37-25-15-13-23(33-4)14-16-25)20-22-9-11-24(12-10-22)35-18-17-26-21(2)36-28(31-26)27-8-6-7-19-38-27/h7-16,19H,5-6,17-18,20H2,1-4H3. The van der Waals surface area contributed by atoms with Gasteiger partial charge in [0, 0.05) is 12.8 Å². The molecule has 0 amide bonds. The topological polar surface area (TPSA) is 80.0 Å². The number of carbonyl (C=O) groups excluding carboxylic acids is 1. The molecule has 2 aromatic carbocycles. The van der Waals surface area contributed by atoms with Crippen LogP contribution in [0.1, 0.15) is 43.2 Å². The van der Waals surface area contributed by atoms with Gasteiger partial charge in [0.1, 0.15) is 23.0 Å². The van der Waals surface area contributed by atoms with Gasteiger partial charge in [-0.1, -0.05) is 36.0 Å². The fourth-order valence-electron chi connectivity index (χ4n) is 4.00. The normalized spacial score (nSPS) is 14.4. The van der Waals surface area contributed by atoms with Gasteiger partial charge in [-0.2, -0.15) is 0 Å². The van der Waals surface area contributed by atoms with Gasteiger partial charge in [0.25, 0.3) is 0 Å². The molecule has 8 heteroatoms. The molecule has 38 heavy (non-hydrogen) atoms. The minimum Gasteiger partial charge on any atom is -0.497 e. The van der Waals surface area contributed by atoms with Gasteiger partial charge in [-0.15, -0.1) is 0 Å². The first kappa shape index (κ1) is 27.4. The molecule has 1 unspecified atom stereocenters. The average Bonchev–Trinajstić information content (AvgIpc) is 3.31. The zero-order valence-electron chi connectivity index (χ0n) is 22.2. The van der Waals surface area contributed by atoms with Crippen LogP contribution in [0.25, 0.3) is 4.91 Å². The number of aryl methyl sites for hydroxylation is 1. The van der Waals surface area contributed by atoms with E-state index in [0.717, 1.165) is 34.1 Å². The number of hydrogen-bond donors (Lipinski definition) is 0. The van der Waals surface area contributed by atoms with E-state index in [-0.39, 0.29) is 6.61 Å². The van der Waals surface area contributed by atoms with Crippen molar-refractivity contribution in [3.8, 4) is 17.2 Å². The first-order chi connectivity index (χ1) is 18.4. The average molecular weight is 536 g/mol. The number of ether oxygens (including phenoxy) is 4. The molecule has 3 aromatic rings. The van der Waals surface area contributed by atoms with Crippen LogP contribution in [0.2, 0.25) is 0 Å². The third kappa shape index (κ3) is 7.01. The Bertz CT molecular complexity index is 1280. The summed E-state index contributed by atoms with van der Waals surface area (Å²) in [5.41, 5.74) is 0.621. The van der Waals surface area contributed by atoms with Gasteiger partial charge in [-0.3, -0.25) is 0 Å². The van der Waals surface area contributed by atoms with Crippen LogP contribution in [0.4, 0.5) is 0 Å². The minimum absolute atomic E-state index is 0.271. The van der Waals surface area contributed by atoms with Crippen molar-refractivity contribution in [2.24, 2.45) is 0 Å². The third-order valence-electron chi connectivity index (χ3n) is 6.02. The number of aromatic nitrogens is 1. The molecule has 1 aliphatic rings. The zero-order valence-corrected chi connectivity index (χ0v) is 23.0. The van der Waals surface area contributed by atoms with E-state index in [4.69, 9.17) is 23.4 Å². The highest BCUT2D eigenvalue weighted by Gasteiger charge is 2.37. The van der Waals surface area contributed by atoms with E-state index in [9.17, 15) is 4.79 Å². The van der Waals surface area contributed by atoms with Crippen LogP contribution in [0.15, 0.2) is 70.5 Å². The number of methoxy groups -OCH3 is 1. The maximum atomic E-state index is 12.9. The lowest BCUT2D eigenvalue weighted by molar-refractivity contribution is -0.160. The molecule has 0 spiro atoms. The van der Waals surface area contributed by atoms with Crippen molar-refractivity contribution in [2.75, 3.05) is 20.3 Å². The summed E-state index contributed by atoms with van der Waals surface area (Å²) in [4.78, 5) is 18.6. The molecule has 0 aliphatic carbocycles. The number of allylic oxidation sites excluding steroid dienone is 2. The number of rotatable bonds is 12. The van der Waals surface area contributed by atoms with Crippen LogP contribution < -0.4 is 14.2 Å². The van der Waals surface area contributed by atoms with E-state index >= 15 is 0 Å². The number of oxazole rings is 1. The fourth-order valence-corrected chi connectivity index (χ4v) is 4.73. The molecule has 200 valence electrons. The summed E-state index contributed by atoms with van der Waals surface area (Å²) in [6.45, 7) is 6.20. The maximum Gasteiger partial charge on any atom is 0.350 e. The molecule has 0 saturated heterocycles. The van der Waals surface area contributed by atoms with Crippen LogP contribution in [-0.2, 0) is 22.4 Å². The number of carbonyl (C=O) groups is 1. The molecule has 4 rings (SSSR count). The summed E-state index contributed by atoms with van der Waals surface area (Å²) >= 11 is 1.62. The van der Waals surface area contributed by atoms with E-state index in [0.29, 0.717) is 36.8 Å². The van der Waals surface area contributed by atoms with Crippen molar-refractivity contribution >= 4 is 22.6 Å². The largest absolute Gasteiger partial charge is 0.497 e. The molecule has 1 atom stereocenters. The molecule has 2 heterocycles. The SMILES string of the molecule is CCOC(=O)C(C)(Cc1ccc(OCCc2nc(C3=CCC=CS3)oc2C)cc1)Oc1ccc(OC)cc1. The van der Waals surface area contributed by atoms with E-state index in [1.807, 2.05) is 31.2 Å². The van der Waals surface area contributed by atoms with E-state index in [1.54, 1.807) is 57.0 Å². The van der Waals surface area contributed by atoms with E-state index in [2.05, 4.69) is 22.5 Å². The van der Waals surface area contributed by atoms with Crippen molar-refractivity contribution in [1.82, 2.24) is 4.98 Å². The van der Waals surface area contributed by atoms with Crippen LogP contribution in [0.3, 0.4) is 0 Å². The molecule has 0 bridgehead atoms. The van der Waals surface area contributed by atoms with Crippen molar-refractivity contribution in [3.05, 3.63) is 89.0 Å². The fraction of sp³-hybridized carbons (Fsp3) is 0.333. The van der Waals surface area contributed by atoms with Gasteiger partial charge in [-0.25, -0.2) is 9.78 Å². The summed E-state index contributed by atoms with van der Waals surface area (Å²) in [7, 11) is 1.60. The van der Waals surface area contributed by atoms with Crippen LogP contribution in [-0.4, -0.2) is 36.9 Å². The Labute approximate surface area is 227 Å². The summed E-state index contributed by atoms with van der Waals surface area (Å²) < 4.78 is 28.5. The lowest BCUT2D eigenvalue weighted by Gasteiger charge is -2.28. The van der Waals surface area contributed by atoms with Crippen LogP contribution >= 0.6 is 11.8 Å². The maximum absolute atomic E-state index is 12.9. The smallest absolute Gasteiger partial charge is 0.350 e. The third-order valence-corrected chi connectivity index (χ3v) is 6.94. The Balaban J connectivity index is 1.36. The monoisotopic (exact) mass is 535 g/mol. The van der Waals surface area contributed by atoms with Crippen molar-refractivity contribution in [1.29, 1.82) is 0 Å². The predicted octanol–water partition coefficient (Wildman–Crippen LogP) is 6.55. The van der Waals surface area contributed by atoms with Crippen molar-refractivity contribution in [3.63, 3.8) is 0 Å². The van der Waals surface area contributed by atoms with Gasteiger partial charge in [-0.05, 0) is 74.6 Å². The first-order valence-electron chi connectivity index (χ1n) is 12.6. The number of hydrogen-bond acceptors (Lipinski definition) is 8. The molecule has 0 saturated carbocycles.